The van der Waals surface area contributed by atoms with Crippen LogP contribution in [0.15, 0.2) is 6.20 Å². The first-order valence-corrected chi connectivity index (χ1v) is 10.1. The molecule has 8 heteroatoms. The van der Waals surface area contributed by atoms with Gasteiger partial charge in [-0.15, -0.1) is 0 Å². The molecule has 150 valence electrons. The number of hydrogen-bond acceptors (Lipinski definition) is 5. The molecule has 3 amide bonds. The first-order valence-electron chi connectivity index (χ1n) is 10.1. The molecule has 8 nitrogen and oxygen atoms in total. The smallest absolute Gasteiger partial charge is 0.228 e. The molecule has 1 aromatic rings. The average Bonchev–Trinajstić information content (AvgIpc) is 3.05. The molecule has 0 unspecified atom stereocenters. The second kappa shape index (κ2) is 7.48. The SMILES string of the molecule is CC(=O)N1CCC[C@@H](c2ncc3c(n2)CCN(C(=O)[C@@H]2CC(=O)N(C)C2)C3)C1. The van der Waals surface area contributed by atoms with E-state index in [9.17, 15) is 14.4 Å². The Labute approximate surface area is 164 Å². The fourth-order valence-electron chi connectivity index (χ4n) is 4.48. The number of carbonyl (C=O) groups is 3. The van der Waals surface area contributed by atoms with Gasteiger partial charge in [-0.1, -0.05) is 0 Å². The number of fused-ring (bicyclic) bond motifs is 1. The number of piperidine rings is 1. The van der Waals surface area contributed by atoms with E-state index in [0.29, 0.717) is 39.0 Å². The van der Waals surface area contributed by atoms with Gasteiger partial charge in [0, 0.05) is 77.2 Å². The first-order chi connectivity index (χ1) is 13.4. The molecule has 0 saturated carbocycles. The fraction of sp³-hybridized carbons (Fsp3) is 0.650. The van der Waals surface area contributed by atoms with Crippen molar-refractivity contribution < 1.29 is 14.4 Å². The Bertz CT molecular complexity index is 811. The minimum Gasteiger partial charge on any atom is -0.345 e. The molecule has 0 aromatic carbocycles. The zero-order valence-electron chi connectivity index (χ0n) is 16.6. The molecule has 2 atom stereocenters. The van der Waals surface area contributed by atoms with Crippen LogP contribution in [-0.4, -0.2) is 75.6 Å². The van der Waals surface area contributed by atoms with Crippen LogP contribution in [0.2, 0.25) is 0 Å². The number of hydrogen-bond donors (Lipinski definition) is 0. The minimum atomic E-state index is -0.237. The van der Waals surface area contributed by atoms with Crippen LogP contribution in [0.4, 0.5) is 0 Å². The molecule has 28 heavy (non-hydrogen) atoms. The van der Waals surface area contributed by atoms with Crippen LogP contribution >= 0.6 is 0 Å². The highest BCUT2D eigenvalue weighted by Gasteiger charge is 2.36. The third-order valence-corrected chi connectivity index (χ3v) is 6.19. The minimum absolute atomic E-state index is 0.0378. The van der Waals surface area contributed by atoms with E-state index in [1.165, 1.54) is 0 Å². The van der Waals surface area contributed by atoms with Crippen LogP contribution in [0.5, 0.6) is 0 Å². The van der Waals surface area contributed by atoms with E-state index in [1.54, 1.807) is 18.9 Å². The van der Waals surface area contributed by atoms with E-state index in [2.05, 4.69) is 4.98 Å². The zero-order chi connectivity index (χ0) is 19.8. The van der Waals surface area contributed by atoms with Gasteiger partial charge in [0.25, 0.3) is 0 Å². The maximum Gasteiger partial charge on any atom is 0.228 e. The number of aromatic nitrogens is 2. The zero-order valence-corrected chi connectivity index (χ0v) is 16.6. The predicted molar refractivity (Wildman–Crippen MR) is 101 cm³/mol. The Morgan fingerprint density at radius 3 is 2.71 bits per heavy atom. The van der Waals surface area contributed by atoms with Crippen molar-refractivity contribution in [2.24, 2.45) is 5.92 Å². The van der Waals surface area contributed by atoms with Crippen molar-refractivity contribution in [1.29, 1.82) is 0 Å². The summed E-state index contributed by atoms with van der Waals surface area (Å²) in [5.41, 5.74) is 1.99. The summed E-state index contributed by atoms with van der Waals surface area (Å²) >= 11 is 0. The fourth-order valence-corrected chi connectivity index (χ4v) is 4.48. The molecule has 0 spiro atoms. The lowest BCUT2D eigenvalue weighted by molar-refractivity contribution is -0.136. The van der Waals surface area contributed by atoms with Gasteiger partial charge in [0.1, 0.15) is 5.82 Å². The molecule has 0 bridgehead atoms. The monoisotopic (exact) mass is 385 g/mol. The van der Waals surface area contributed by atoms with Crippen LogP contribution < -0.4 is 0 Å². The normalized spacial score (nSPS) is 25.1. The Hall–Kier alpha value is -2.51. The molecule has 0 N–H and O–H groups in total. The molecule has 3 aliphatic rings. The quantitative estimate of drug-likeness (QED) is 0.743. The van der Waals surface area contributed by atoms with Crippen molar-refractivity contribution in [3.63, 3.8) is 0 Å². The maximum atomic E-state index is 12.8. The summed E-state index contributed by atoms with van der Waals surface area (Å²) in [6.45, 7) is 4.74. The Kier molecular flexibility index (Phi) is 5.03. The summed E-state index contributed by atoms with van der Waals surface area (Å²) in [5, 5.41) is 0. The van der Waals surface area contributed by atoms with Gasteiger partial charge >= 0.3 is 0 Å². The third-order valence-electron chi connectivity index (χ3n) is 6.19. The Morgan fingerprint density at radius 2 is 2.00 bits per heavy atom. The molecule has 0 radical (unpaired) electrons. The second-order valence-corrected chi connectivity index (χ2v) is 8.19. The Balaban J connectivity index is 1.44. The van der Waals surface area contributed by atoms with E-state index >= 15 is 0 Å². The van der Waals surface area contributed by atoms with E-state index < -0.39 is 0 Å². The van der Waals surface area contributed by atoms with Crippen LogP contribution in [0, 0.1) is 5.92 Å². The van der Waals surface area contributed by atoms with Crippen molar-refractivity contribution >= 4 is 17.7 Å². The van der Waals surface area contributed by atoms with Crippen LogP contribution in [0.3, 0.4) is 0 Å². The predicted octanol–water partition coefficient (Wildman–Crippen LogP) is 0.566. The van der Waals surface area contributed by atoms with Gasteiger partial charge in [-0.05, 0) is 12.8 Å². The highest BCUT2D eigenvalue weighted by atomic mass is 16.2. The van der Waals surface area contributed by atoms with Crippen molar-refractivity contribution in [2.45, 2.75) is 45.1 Å². The number of likely N-dealkylation sites (tertiary alicyclic amines) is 2. The number of amides is 3. The van der Waals surface area contributed by atoms with Gasteiger partial charge < -0.3 is 14.7 Å². The summed E-state index contributed by atoms with van der Waals surface area (Å²) < 4.78 is 0. The van der Waals surface area contributed by atoms with Gasteiger partial charge in [-0.25, -0.2) is 9.97 Å². The van der Waals surface area contributed by atoms with Crippen LogP contribution in [0.1, 0.15) is 49.2 Å². The number of carbonyl (C=O) groups excluding carboxylic acids is 3. The van der Waals surface area contributed by atoms with E-state index in [1.807, 2.05) is 16.0 Å². The number of rotatable bonds is 2. The Morgan fingerprint density at radius 1 is 1.18 bits per heavy atom. The van der Waals surface area contributed by atoms with E-state index in [-0.39, 0.29) is 29.6 Å². The van der Waals surface area contributed by atoms with E-state index in [0.717, 1.165) is 36.5 Å². The highest BCUT2D eigenvalue weighted by molar-refractivity contribution is 5.89. The van der Waals surface area contributed by atoms with Gasteiger partial charge in [-0.3, -0.25) is 14.4 Å². The van der Waals surface area contributed by atoms with Crippen LogP contribution in [0.25, 0.3) is 0 Å². The summed E-state index contributed by atoms with van der Waals surface area (Å²) in [7, 11) is 1.75. The van der Waals surface area contributed by atoms with Crippen molar-refractivity contribution in [3.05, 3.63) is 23.3 Å². The molecule has 2 saturated heterocycles. The van der Waals surface area contributed by atoms with Crippen molar-refractivity contribution in [3.8, 4) is 0 Å². The third kappa shape index (κ3) is 3.59. The summed E-state index contributed by atoms with van der Waals surface area (Å²) in [6, 6.07) is 0. The van der Waals surface area contributed by atoms with Crippen LogP contribution in [-0.2, 0) is 27.3 Å². The molecule has 3 aliphatic heterocycles. The summed E-state index contributed by atoms with van der Waals surface area (Å²) in [4.78, 5) is 50.9. The highest BCUT2D eigenvalue weighted by Crippen LogP contribution is 2.27. The molecule has 4 heterocycles. The van der Waals surface area contributed by atoms with Gasteiger partial charge in [0.15, 0.2) is 0 Å². The molecule has 2 fully saturated rings. The van der Waals surface area contributed by atoms with Gasteiger partial charge in [-0.2, -0.15) is 0 Å². The standard InChI is InChI=1S/C20H27N5O3/c1-13(26)24-6-3-4-14(11-24)19-21-9-16-12-25(7-5-17(16)22-19)20(28)15-8-18(27)23(2)10-15/h9,14-15H,3-8,10-12H2,1-2H3/t14-,15-/m1/s1. The molecule has 4 rings (SSSR count). The largest absolute Gasteiger partial charge is 0.345 e. The average molecular weight is 385 g/mol. The lowest BCUT2D eigenvalue weighted by atomic mass is 9.96. The number of nitrogens with zero attached hydrogens (tertiary/aromatic N) is 5. The topological polar surface area (TPSA) is 86.7 Å². The lowest BCUT2D eigenvalue weighted by Gasteiger charge is -2.33. The second-order valence-electron chi connectivity index (χ2n) is 8.19. The van der Waals surface area contributed by atoms with Crippen molar-refractivity contribution in [2.75, 3.05) is 33.2 Å². The molecule has 0 aliphatic carbocycles. The summed E-state index contributed by atoms with van der Waals surface area (Å²) in [6.07, 6.45) is 4.83. The molecular formula is C20H27N5O3. The summed E-state index contributed by atoms with van der Waals surface area (Å²) in [5.74, 6) is 0.953. The van der Waals surface area contributed by atoms with Crippen molar-refractivity contribution in [1.82, 2.24) is 24.7 Å². The maximum absolute atomic E-state index is 12.8. The first kappa shape index (κ1) is 18.8. The lowest BCUT2D eigenvalue weighted by Crippen LogP contribution is -2.41. The molecule has 1 aromatic heterocycles. The molecular weight excluding hydrogens is 358 g/mol. The van der Waals surface area contributed by atoms with Gasteiger partial charge in [0.05, 0.1) is 11.6 Å². The van der Waals surface area contributed by atoms with E-state index in [4.69, 9.17) is 4.98 Å². The van der Waals surface area contributed by atoms with Gasteiger partial charge in [0.2, 0.25) is 17.7 Å².